The number of carbonyl (C=O) groups is 1. The Kier molecular flexibility index (Phi) is 5.53. The van der Waals surface area contributed by atoms with E-state index >= 15 is 0 Å². The Hall–Kier alpha value is -2.56. The van der Waals surface area contributed by atoms with Crippen LogP contribution in [0.4, 0.5) is 15.8 Å². The van der Waals surface area contributed by atoms with Gasteiger partial charge < -0.3 is 15.1 Å². The van der Waals surface area contributed by atoms with Crippen LogP contribution in [0.1, 0.15) is 12.0 Å². The second-order valence-corrected chi connectivity index (χ2v) is 6.31. The van der Waals surface area contributed by atoms with Gasteiger partial charge in [-0.05, 0) is 30.7 Å². The minimum absolute atomic E-state index is 0.147. The number of benzene rings is 2. The van der Waals surface area contributed by atoms with Gasteiger partial charge in [-0.1, -0.05) is 30.3 Å². The number of anilines is 2. The third kappa shape index (κ3) is 4.29. The molecule has 3 rings (SSSR count). The van der Waals surface area contributed by atoms with Crippen molar-refractivity contribution in [3.8, 4) is 0 Å². The van der Waals surface area contributed by atoms with E-state index in [2.05, 4.69) is 5.32 Å². The van der Waals surface area contributed by atoms with Crippen molar-refractivity contribution in [2.24, 2.45) is 0 Å². The van der Waals surface area contributed by atoms with Gasteiger partial charge in [-0.3, -0.25) is 4.79 Å². The van der Waals surface area contributed by atoms with Gasteiger partial charge in [0.2, 0.25) is 5.91 Å². The number of amides is 1. The SMILES string of the molecule is Cc1ccccc1NCCC(=O)N1CCN(c2ccccc2F)CC1. The first-order chi connectivity index (χ1) is 12.1. The molecule has 0 unspecified atom stereocenters. The Balaban J connectivity index is 1.46. The molecule has 132 valence electrons. The molecule has 1 heterocycles. The normalized spacial score (nSPS) is 14.5. The summed E-state index contributed by atoms with van der Waals surface area (Å²) >= 11 is 0. The zero-order valence-electron chi connectivity index (χ0n) is 14.5. The Labute approximate surface area is 148 Å². The second-order valence-electron chi connectivity index (χ2n) is 6.31. The van der Waals surface area contributed by atoms with Gasteiger partial charge in [-0.15, -0.1) is 0 Å². The predicted octanol–water partition coefficient (Wildman–Crippen LogP) is 3.28. The van der Waals surface area contributed by atoms with Gasteiger partial charge in [0.05, 0.1) is 5.69 Å². The molecule has 1 amide bonds. The summed E-state index contributed by atoms with van der Waals surface area (Å²) in [5, 5.41) is 3.32. The second kappa shape index (κ2) is 8.01. The maximum absolute atomic E-state index is 13.9. The van der Waals surface area contributed by atoms with Gasteiger partial charge in [0.25, 0.3) is 0 Å². The van der Waals surface area contributed by atoms with E-state index in [0.29, 0.717) is 44.8 Å². The average molecular weight is 341 g/mol. The summed E-state index contributed by atoms with van der Waals surface area (Å²) in [7, 11) is 0. The molecule has 5 heteroatoms. The zero-order valence-corrected chi connectivity index (χ0v) is 14.5. The lowest BCUT2D eigenvalue weighted by molar-refractivity contribution is -0.131. The van der Waals surface area contributed by atoms with E-state index in [1.165, 1.54) is 11.6 Å². The van der Waals surface area contributed by atoms with Gasteiger partial charge in [0.15, 0.2) is 0 Å². The van der Waals surface area contributed by atoms with Crippen LogP contribution in [0.5, 0.6) is 0 Å². The van der Waals surface area contributed by atoms with Crippen LogP contribution in [0.15, 0.2) is 48.5 Å². The summed E-state index contributed by atoms with van der Waals surface area (Å²) in [5.74, 6) is -0.0565. The molecule has 1 N–H and O–H groups in total. The standard InChI is InChI=1S/C20H24FN3O/c1-16-6-2-4-8-18(16)22-11-10-20(25)24-14-12-23(13-15-24)19-9-5-3-7-17(19)21/h2-9,22H,10-15H2,1H3. The molecule has 25 heavy (non-hydrogen) atoms. The smallest absolute Gasteiger partial charge is 0.224 e. The van der Waals surface area contributed by atoms with Crippen molar-refractivity contribution in [1.29, 1.82) is 0 Å². The van der Waals surface area contributed by atoms with Crippen molar-refractivity contribution < 1.29 is 9.18 Å². The van der Waals surface area contributed by atoms with E-state index in [1.54, 1.807) is 12.1 Å². The zero-order chi connectivity index (χ0) is 17.6. The molecule has 4 nitrogen and oxygen atoms in total. The molecular weight excluding hydrogens is 317 g/mol. The van der Waals surface area contributed by atoms with E-state index in [0.717, 1.165) is 5.69 Å². The fourth-order valence-corrected chi connectivity index (χ4v) is 3.14. The number of halogens is 1. The fraction of sp³-hybridized carbons (Fsp3) is 0.350. The van der Waals surface area contributed by atoms with Crippen molar-refractivity contribution in [1.82, 2.24) is 4.90 Å². The van der Waals surface area contributed by atoms with Crippen LogP contribution in [-0.4, -0.2) is 43.5 Å². The number of aryl methyl sites for hydroxylation is 1. The molecule has 0 aliphatic carbocycles. The van der Waals surface area contributed by atoms with Crippen LogP contribution in [-0.2, 0) is 4.79 Å². The molecule has 1 aliphatic heterocycles. The highest BCUT2D eigenvalue weighted by Crippen LogP contribution is 2.20. The lowest BCUT2D eigenvalue weighted by Gasteiger charge is -2.36. The Bertz CT molecular complexity index is 726. The molecule has 1 fully saturated rings. The first kappa shape index (κ1) is 17.3. The summed E-state index contributed by atoms with van der Waals surface area (Å²) in [5.41, 5.74) is 2.86. The van der Waals surface area contributed by atoms with Gasteiger partial charge in [0.1, 0.15) is 5.82 Å². The summed E-state index contributed by atoms with van der Waals surface area (Å²) in [6.45, 7) is 5.27. The number of para-hydroxylation sites is 2. The molecule has 1 aliphatic rings. The maximum Gasteiger partial charge on any atom is 0.224 e. The number of rotatable bonds is 5. The number of piperazine rings is 1. The van der Waals surface area contributed by atoms with Crippen LogP contribution in [0.2, 0.25) is 0 Å². The van der Waals surface area contributed by atoms with Crippen molar-refractivity contribution >= 4 is 17.3 Å². The lowest BCUT2D eigenvalue weighted by atomic mass is 10.2. The molecule has 2 aromatic carbocycles. The number of nitrogens with zero attached hydrogens (tertiary/aromatic N) is 2. The minimum atomic E-state index is -0.204. The lowest BCUT2D eigenvalue weighted by Crippen LogP contribution is -2.49. The monoisotopic (exact) mass is 341 g/mol. The average Bonchev–Trinajstić information content (AvgIpc) is 2.64. The highest BCUT2D eigenvalue weighted by atomic mass is 19.1. The molecule has 0 saturated carbocycles. The Morgan fingerprint density at radius 1 is 1.04 bits per heavy atom. The number of hydrogen-bond acceptors (Lipinski definition) is 3. The first-order valence-corrected chi connectivity index (χ1v) is 8.72. The third-order valence-corrected chi connectivity index (χ3v) is 4.62. The summed E-state index contributed by atoms with van der Waals surface area (Å²) < 4.78 is 13.9. The highest BCUT2D eigenvalue weighted by molar-refractivity contribution is 5.77. The third-order valence-electron chi connectivity index (χ3n) is 4.62. The van der Waals surface area contributed by atoms with Crippen LogP contribution in [0.3, 0.4) is 0 Å². The summed E-state index contributed by atoms with van der Waals surface area (Å²) in [4.78, 5) is 16.3. The molecule has 0 atom stereocenters. The number of carbonyl (C=O) groups excluding carboxylic acids is 1. The van der Waals surface area contributed by atoms with E-state index in [1.807, 2.05) is 47.1 Å². The minimum Gasteiger partial charge on any atom is -0.384 e. The molecule has 0 aromatic heterocycles. The molecule has 0 spiro atoms. The number of nitrogens with one attached hydrogen (secondary N) is 1. The topological polar surface area (TPSA) is 35.6 Å². The van der Waals surface area contributed by atoms with E-state index in [-0.39, 0.29) is 11.7 Å². The fourth-order valence-electron chi connectivity index (χ4n) is 3.14. The number of hydrogen-bond donors (Lipinski definition) is 1. The van der Waals surface area contributed by atoms with Gasteiger partial charge in [-0.25, -0.2) is 4.39 Å². The van der Waals surface area contributed by atoms with Crippen LogP contribution >= 0.6 is 0 Å². The van der Waals surface area contributed by atoms with Gasteiger partial charge in [-0.2, -0.15) is 0 Å². The quantitative estimate of drug-likeness (QED) is 0.906. The van der Waals surface area contributed by atoms with Gasteiger partial charge in [0, 0.05) is 44.8 Å². The Morgan fingerprint density at radius 2 is 1.72 bits per heavy atom. The molecule has 2 aromatic rings. The first-order valence-electron chi connectivity index (χ1n) is 8.72. The molecule has 0 bridgehead atoms. The predicted molar refractivity (Wildman–Crippen MR) is 99.5 cm³/mol. The highest BCUT2D eigenvalue weighted by Gasteiger charge is 2.22. The molecule has 0 radical (unpaired) electrons. The summed E-state index contributed by atoms with van der Waals surface area (Å²) in [6.07, 6.45) is 0.466. The van der Waals surface area contributed by atoms with E-state index < -0.39 is 0 Å². The van der Waals surface area contributed by atoms with E-state index in [4.69, 9.17) is 0 Å². The molecule has 1 saturated heterocycles. The summed E-state index contributed by atoms with van der Waals surface area (Å²) in [6, 6.07) is 14.9. The maximum atomic E-state index is 13.9. The van der Waals surface area contributed by atoms with Crippen LogP contribution in [0.25, 0.3) is 0 Å². The van der Waals surface area contributed by atoms with E-state index in [9.17, 15) is 9.18 Å². The van der Waals surface area contributed by atoms with Crippen molar-refractivity contribution in [2.45, 2.75) is 13.3 Å². The Morgan fingerprint density at radius 3 is 2.44 bits per heavy atom. The van der Waals surface area contributed by atoms with Crippen LogP contribution < -0.4 is 10.2 Å². The van der Waals surface area contributed by atoms with Crippen molar-refractivity contribution in [3.63, 3.8) is 0 Å². The van der Waals surface area contributed by atoms with Gasteiger partial charge >= 0.3 is 0 Å². The van der Waals surface area contributed by atoms with Crippen molar-refractivity contribution in [2.75, 3.05) is 42.9 Å². The molecular formula is C20H24FN3O. The largest absolute Gasteiger partial charge is 0.384 e. The van der Waals surface area contributed by atoms with Crippen LogP contribution in [0, 0.1) is 12.7 Å². The van der Waals surface area contributed by atoms with Crippen molar-refractivity contribution in [3.05, 3.63) is 59.9 Å².